The molecule has 0 spiro atoms. The number of aryl methyl sites for hydroxylation is 1. The Hall–Kier alpha value is -2.41. The highest BCUT2D eigenvalue weighted by Crippen LogP contribution is 2.34. The molecule has 0 amide bonds. The minimum atomic E-state index is -0.490. The van der Waals surface area contributed by atoms with E-state index in [-0.39, 0.29) is 24.6 Å². The number of aliphatic hydroxyl groups is 1. The van der Waals surface area contributed by atoms with Crippen LogP contribution in [0.15, 0.2) is 59.8 Å². The van der Waals surface area contributed by atoms with Crippen LogP contribution >= 0.6 is 11.3 Å². The van der Waals surface area contributed by atoms with Gasteiger partial charge in [0.25, 0.3) is 0 Å². The zero-order chi connectivity index (χ0) is 21.1. The third kappa shape index (κ3) is 4.83. The second-order valence-corrected chi connectivity index (χ2v) is 8.99. The standard InChI is InChI=1S/C24H24FNO3S/c1-15-2-3-17(23-13-20(27)12-21(29-23)14-26-28)10-18(15)11-22-8-9-24(30-22)16-4-6-19(25)7-5-16/h2-10,20-21,23,27H,11-14H2,1H3/t20-,21-,23+/m0/s1. The summed E-state index contributed by atoms with van der Waals surface area (Å²) in [5.41, 5.74) is 4.42. The van der Waals surface area contributed by atoms with Crippen molar-refractivity contribution in [3.63, 3.8) is 0 Å². The molecule has 1 fully saturated rings. The summed E-state index contributed by atoms with van der Waals surface area (Å²) in [5.74, 6) is -0.232. The average molecular weight is 426 g/mol. The molecule has 4 rings (SSSR count). The molecule has 1 aliphatic rings. The molecule has 2 aromatic carbocycles. The molecule has 0 bridgehead atoms. The molecule has 0 saturated carbocycles. The predicted molar refractivity (Wildman–Crippen MR) is 117 cm³/mol. The van der Waals surface area contributed by atoms with Gasteiger partial charge < -0.3 is 9.84 Å². The van der Waals surface area contributed by atoms with Gasteiger partial charge in [0.15, 0.2) is 0 Å². The molecule has 1 aromatic heterocycles. The molecule has 4 nitrogen and oxygen atoms in total. The number of rotatable bonds is 6. The van der Waals surface area contributed by atoms with E-state index >= 15 is 0 Å². The number of nitroso groups, excluding NO2 is 1. The van der Waals surface area contributed by atoms with Crippen molar-refractivity contribution in [2.24, 2.45) is 5.18 Å². The van der Waals surface area contributed by atoms with Crippen molar-refractivity contribution >= 4 is 11.3 Å². The van der Waals surface area contributed by atoms with Crippen LogP contribution in [0.4, 0.5) is 4.39 Å². The molecule has 0 radical (unpaired) electrons. The van der Waals surface area contributed by atoms with E-state index in [0.29, 0.717) is 12.8 Å². The normalized spacial score (nSPS) is 21.5. The molecule has 30 heavy (non-hydrogen) atoms. The van der Waals surface area contributed by atoms with Gasteiger partial charge in [0.1, 0.15) is 12.4 Å². The molecule has 0 aliphatic carbocycles. The highest BCUT2D eigenvalue weighted by Gasteiger charge is 2.29. The Morgan fingerprint density at radius 2 is 1.93 bits per heavy atom. The Morgan fingerprint density at radius 1 is 1.13 bits per heavy atom. The molecule has 6 heteroatoms. The Bertz CT molecular complexity index is 1020. The summed E-state index contributed by atoms with van der Waals surface area (Å²) in [6.07, 6.45) is 0.693. The van der Waals surface area contributed by atoms with Gasteiger partial charge in [-0.3, -0.25) is 0 Å². The van der Waals surface area contributed by atoms with E-state index in [1.807, 2.05) is 6.07 Å². The summed E-state index contributed by atoms with van der Waals surface area (Å²) in [6.45, 7) is 2.15. The SMILES string of the molecule is Cc1ccc([C@H]2C[C@@H](O)C[C@@H](CN=O)O2)cc1Cc1ccc(-c2ccc(F)cc2)s1. The summed E-state index contributed by atoms with van der Waals surface area (Å²) in [5, 5.41) is 13.1. The number of thiophene rings is 1. The first-order valence-electron chi connectivity index (χ1n) is 10.1. The van der Waals surface area contributed by atoms with Crippen LogP contribution in [0.1, 0.15) is 40.5 Å². The number of halogens is 1. The minimum Gasteiger partial charge on any atom is -0.393 e. The van der Waals surface area contributed by atoms with Crippen LogP contribution in [0, 0.1) is 17.6 Å². The summed E-state index contributed by atoms with van der Waals surface area (Å²) in [7, 11) is 0. The van der Waals surface area contributed by atoms with Crippen molar-refractivity contribution in [3.05, 3.63) is 86.9 Å². The second-order valence-electron chi connectivity index (χ2n) is 7.82. The van der Waals surface area contributed by atoms with E-state index in [0.717, 1.165) is 22.4 Å². The number of ether oxygens (including phenoxy) is 1. The third-order valence-electron chi connectivity index (χ3n) is 5.56. The van der Waals surface area contributed by atoms with Crippen LogP contribution in [0.3, 0.4) is 0 Å². The molecule has 2 heterocycles. The van der Waals surface area contributed by atoms with E-state index < -0.39 is 6.10 Å². The fourth-order valence-corrected chi connectivity index (χ4v) is 4.95. The van der Waals surface area contributed by atoms with Crippen molar-refractivity contribution in [1.29, 1.82) is 0 Å². The molecule has 0 unspecified atom stereocenters. The van der Waals surface area contributed by atoms with E-state index in [9.17, 15) is 14.4 Å². The van der Waals surface area contributed by atoms with Gasteiger partial charge in [-0.05, 0) is 53.4 Å². The first-order valence-corrected chi connectivity index (χ1v) is 10.9. The highest BCUT2D eigenvalue weighted by atomic mass is 32.1. The molecule has 1 aliphatic heterocycles. The molecule has 156 valence electrons. The van der Waals surface area contributed by atoms with Crippen LogP contribution in [0.25, 0.3) is 10.4 Å². The van der Waals surface area contributed by atoms with Crippen molar-refractivity contribution in [3.8, 4) is 10.4 Å². The van der Waals surface area contributed by atoms with Crippen molar-refractivity contribution in [2.75, 3.05) is 6.54 Å². The zero-order valence-corrected chi connectivity index (χ0v) is 17.6. The monoisotopic (exact) mass is 425 g/mol. The minimum absolute atomic E-state index is 0.0631. The lowest BCUT2D eigenvalue weighted by atomic mass is 9.93. The van der Waals surface area contributed by atoms with Gasteiger partial charge in [-0.25, -0.2) is 4.39 Å². The number of nitrogens with zero attached hydrogens (tertiary/aromatic N) is 1. The summed E-state index contributed by atoms with van der Waals surface area (Å²) < 4.78 is 19.2. The molecule has 3 atom stereocenters. The number of aliphatic hydroxyl groups excluding tert-OH is 1. The molecule has 1 N–H and O–H groups in total. The topological polar surface area (TPSA) is 58.9 Å². The van der Waals surface area contributed by atoms with Gasteiger partial charge in [0.2, 0.25) is 0 Å². The lowest BCUT2D eigenvalue weighted by Crippen LogP contribution is -2.33. The molecule has 1 saturated heterocycles. The van der Waals surface area contributed by atoms with Gasteiger partial charge in [0.05, 0.1) is 18.3 Å². The van der Waals surface area contributed by atoms with E-state index in [1.165, 1.54) is 28.1 Å². The van der Waals surface area contributed by atoms with Crippen LogP contribution < -0.4 is 0 Å². The first-order chi connectivity index (χ1) is 14.5. The smallest absolute Gasteiger partial charge is 0.123 e. The van der Waals surface area contributed by atoms with Gasteiger partial charge in [-0.1, -0.05) is 35.5 Å². The maximum absolute atomic E-state index is 13.2. The molecular formula is C24H24FNO3S. The van der Waals surface area contributed by atoms with E-state index in [2.05, 4.69) is 36.4 Å². The Labute approximate surface area is 179 Å². The van der Waals surface area contributed by atoms with Crippen LogP contribution in [0.2, 0.25) is 0 Å². The summed E-state index contributed by atoms with van der Waals surface area (Å²) >= 11 is 1.70. The van der Waals surface area contributed by atoms with Gasteiger partial charge in [-0.15, -0.1) is 11.3 Å². The number of benzene rings is 2. The maximum atomic E-state index is 13.2. The maximum Gasteiger partial charge on any atom is 0.123 e. The zero-order valence-electron chi connectivity index (χ0n) is 16.8. The second kappa shape index (κ2) is 9.16. The number of hydrogen-bond acceptors (Lipinski definition) is 5. The molecule has 3 aromatic rings. The summed E-state index contributed by atoms with van der Waals surface area (Å²) in [6, 6.07) is 17.0. The van der Waals surface area contributed by atoms with Gasteiger partial charge >= 0.3 is 0 Å². The lowest BCUT2D eigenvalue weighted by molar-refractivity contribution is -0.0930. The van der Waals surface area contributed by atoms with Crippen LogP contribution in [0.5, 0.6) is 0 Å². The largest absolute Gasteiger partial charge is 0.393 e. The van der Waals surface area contributed by atoms with Crippen molar-refractivity contribution < 1.29 is 14.2 Å². The van der Waals surface area contributed by atoms with E-state index in [1.54, 1.807) is 23.5 Å². The highest BCUT2D eigenvalue weighted by molar-refractivity contribution is 7.15. The van der Waals surface area contributed by atoms with Gasteiger partial charge in [-0.2, -0.15) is 4.91 Å². The fourth-order valence-electron chi connectivity index (χ4n) is 3.92. The van der Waals surface area contributed by atoms with Crippen molar-refractivity contribution in [1.82, 2.24) is 0 Å². The Morgan fingerprint density at radius 3 is 2.70 bits per heavy atom. The average Bonchev–Trinajstić information content (AvgIpc) is 3.18. The van der Waals surface area contributed by atoms with Crippen LogP contribution in [-0.4, -0.2) is 23.9 Å². The third-order valence-corrected chi connectivity index (χ3v) is 6.69. The van der Waals surface area contributed by atoms with Gasteiger partial charge in [0, 0.05) is 29.0 Å². The summed E-state index contributed by atoms with van der Waals surface area (Å²) in [4.78, 5) is 13.0. The Balaban J connectivity index is 1.53. The number of hydrogen-bond donors (Lipinski definition) is 1. The Kier molecular flexibility index (Phi) is 6.37. The first kappa shape index (κ1) is 20.8. The fraction of sp³-hybridized carbons (Fsp3) is 0.333. The quantitative estimate of drug-likeness (QED) is 0.508. The van der Waals surface area contributed by atoms with E-state index in [4.69, 9.17) is 4.74 Å². The van der Waals surface area contributed by atoms with Crippen LogP contribution in [-0.2, 0) is 11.2 Å². The predicted octanol–water partition coefficient (Wildman–Crippen LogP) is 5.80. The lowest BCUT2D eigenvalue weighted by Gasteiger charge is -2.32. The van der Waals surface area contributed by atoms with Crippen molar-refractivity contribution in [2.45, 2.75) is 44.5 Å². The molecular weight excluding hydrogens is 401 g/mol.